The van der Waals surface area contributed by atoms with E-state index in [1.54, 1.807) is 0 Å². The molecule has 0 bridgehead atoms. The van der Waals surface area contributed by atoms with Crippen LogP contribution >= 0.6 is 0 Å². The minimum Gasteiger partial charge on any atom is -0.456 e. The number of benzene rings is 8. The summed E-state index contributed by atoms with van der Waals surface area (Å²) < 4.78 is 11.2. The van der Waals surface area contributed by atoms with E-state index in [1.165, 1.54) is 10.8 Å². The summed E-state index contributed by atoms with van der Waals surface area (Å²) >= 11 is 0. The van der Waals surface area contributed by atoms with E-state index in [-0.39, 0.29) is 0 Å². The minimum atomic E-state index is 0.613. The molecule has 0 aliphatic carbocycles. The zero-order chi connectivity index (χ0) is 34.6. The molecule has 246 valence electrons. The van der Waals surface area contributed by atoms with E-state index in [0.29, 0.717) is 5.95 Å². The Labute approximate surface area is 302 Å². The van der Waals surface area contributed by atoms with Gasteiger partial charge < -0.3 is 8.98 Å². The van der Waals surface area contributed by atoms with Gasteiger partial charge in [-0.3, -0.25) is 4.57 Å². The van der Waals surface area contributed by atoms with Crippen LogP contribution in [0, 0.1) is 0 Å². The number of hydrogen-bond acceptors (Lipinski definition) is 3. The van der Waals surface area contributed by atoms with Crippen molar-refractivity contribution in [2.24, 2.45) is 0 Å². The topological polar surface area (TPSA) is 48.8 Å². The SMILES string of the molecule is c1ccc(-c2nc(-n3c4c(ccc5oc6ccccc6c54)c4ccc5c6ccccc6n(-c6ccccc6)c5c43)nc3ccc4ccccc4c23)cc1. The van der Waals surface area contributed by atoms with Crippen LogP contribution < -0.4 is 0 Å². The average molecular weight is 677 g/mol. The molecule has 4 aromatic heterocycles. The fraction of sp³-hybridized carbons (Fsp3) is 0. The monoisotopic (exact) mass is 676 g/mol. The summed E-state index contributed by atoms with van der Waals surface area (Å²) in [5.41, 5.74) is 9.94. The third kappa shape index (κ3) is 3.91. The first-order chi connectivity index (χ1) is 26.3. The van der Waals surface area contributed by atoms with E-state index in [1.807, 2.05) is 12.1 Å². The van der Waals surface area contributed by atoms with E-state index >= 15 is 0 Å². The molecule has 0 amide bonds. The second kappa shape index (κ2) is 10.6. The average Bonchev–Trinajstić information content (AvgIpc) is 3.88. The molecule has 5 nitrogen and oxygen atoms in total. The normalized spacial score (nSPS) is 12.2. The lowest BCUT2D eigenvalue weighted by Gasteiger charge is -2.15. The molecule has 0 radical (unpaired) electrons. The van der Waals surface area contributed by atoms with Crippen molar-refractivity contribution in [1.29, 1.82) is 0 Å². The van der Waals surface area contributed by atoms with Crippen molar-refractivity contribution in [3.63, 3.8) is 0 Å². The molecule has 12 rings (SSSR count). The van der Waals surface area contributed by atoms with Gasteiger partial charge >= 0.3 is 0 Å². The first-order valence-electron chi connectivity index (χ1n) is 17.9. The number of para-hydroxylation sites is 3. The van der Waals surface area contributed by atoms with Crippen LogP contribution in [0.2, 0.25) is 0 Å². The van der Waals surface area contributed by atoms with Gasteiger partial charge in [0.15, 0.2) is 0 Å². The fourth-order valence-corrected chi connectivity index (χ4v) is 8.68. The molecule has 5 heteroatoms. The Hall–Kier alpha value is -7.24. The zero-order valence-electron chi connectivity index (χ0n) is 28.4. The Morgan fingerprint density at radius 2 is 1.04 bits per heavy atom. The highest BCUT2D eigenvalue weighted by Gasteiger charge is 2.26. The van der Waals surface area contributed by atoms with Gasteiger partial charge in [0, 0.05) is 43.6 Å². The van der Waals surface area contributed by atoms with Crippen molar-refractivity contribution in [3.05, 3.63) is 170 Å². The molecule has 0 aliphatic rings. The van der Waals surface area contributed by atoms with Gasteiger partial charge in [0.25, 0.3) is 0 Å². The number of furan rings is 1. The van der Waals surface area contributed by atoms with Crippen molar-refractivity contribution in [3.8, 4) is 22.9 Å². The van der Waals surface area contributed by atoms with Crippen molar-refractivity contribution in [1.82, 2.24) is 19.1 Å². The highest BCUT2D eigenvalue weighted by molar-refractivity contribution is 6.29. The maximum absolute atomic E-state index is 6.53. The predicted molar refractivity (Wildman–Crippen MR) is 218 cm³/mol. The molecular formula is C48H28N4O. The summed E-state index contributed by atoms with van der Waals surface area (Å²) in [6.07, 6.45) is 0. The number of aromatic nitrogens is 4. The van der Waals surface area contributed by atoms with Crippen molar-refractivity contribution >= 4 is 87.2 Å². The summed E-state index contributed by atoms with van der Waals surface area (Å²) in [5, 5.41) is 10.1. The lowest BCUT2D eigenvalue weighted by molar-refractivity contribution is 0.669. The van der Waals surface area contributed by atoms with Gasteiger partial charge in [-0.05, 0) is 53.2 Å². The lowest BCUT2D eigenvalue weighted by atomic mass is 10.0. The van der Waals surface area contributed by atoms with Gasteiger partial charge in [0.05, 0.1) is 38.7 Å². The molecular weight excluding hydrogens is 649 g/mol. The van der Waals surface area contributed by atoms with Gasteiger partial charge in [-0.1, -0.05) is 127 Å². The Kier molecular flexibility index (Phi) is 5.71. The number of hydrogen-bond donors (Lipinski definition) is 0. The minimum absolute atomic E-state index is 0.613. The van der Waals surface area contributed by atoms with Gasteiger partial charge in [-0.15, -0.1) is 0 Å². The highest BCUT2D eigenvalue weighted by atomic mass is 16.3. The molecule has 8 aromatic carbocycles. The molecule has 0 unspecified atom stereocenters. The Bertz CT molecular complexity index is 3450. The van der Waals surface area contributed by atoms with Crippen LogP contribution in [0.3, 0.4) is 0 Å². The van der Waals surface area contributed by atoms with Crippen LogP contribution in [0.4, 0.5) is 0 Å². The molecule has 0 saturated heterocycles. The number of rotatable bonds is 3. The summed E-state index contributed by atoms with van der Waals surface area (Å²) in [7, 11) is 0. The number of nitrogens with zero attached hydrogens (tertiary/aromatic N) is 4. The quantitative estimate of drug-likeness (QED) is 0.175. The van der Waals surface area contributed by atoms with E-state index in [9.17, 15) is 0 Å². The molecule has 0 atom stereocenters. The molecule has 0 fully saturated rings. The number of fused-ring (bicyclic) bond motifs is 14. The molecule has 0 saturated carbocycles. The van der Waals surface area contributed by atoms with Crippen molar-refractivity contribution < 1.29 is 4.42 Å². The zero-order valence-corrected chi connectivity index (χ0v) is 28.4. The first-order valence-corrected chi connectivity index (χ1v) is 17.9. The smallest absolute Gasteiger partial charge is 0.235 e. The van der Waals surface area contributed by atoms with Crippen LogP contribution in [0.25, 0.3) is 110 Å². The van der Waals surface area contributed by atoms with Crippen molar-refractivity contribution in [2.45, 2.75) is 0 Å². The Balaban J connectivity index is 1.36. The second-order valence-corrected chi connectivity index (χ2v) is 13.7. The fourth-order valence-electron chi connectivity index (χ4n) is 8.68. The largest absolute Gasteiger partial charge is 0.456 e. The van der Waals surface area contributed by atoms with E-state index in [2.05, 4.69) is 167 Å². The molecule has 0 aliphatic heterocycles. The van der Waals surface area contributed by atoms with Gasteiger partial charge in [0.2, 0.25) is 5.95 Å². The van der Waals surface area contributed by atoms with E-state index in [0.717, 1.165) is 93.4 Å². The van der Waals surface area contributed by atoms with Crippen LogP contribution in [-0.4, -0.2) is 19.1 Å². The molecule has 12 aromatic rings. The lowest BCUT2D eigenvalue weighted by Crippen LogP contribution is -2.05. The molecule has 0 spiro atoms. The van der Waals surface area contributed by atoms with Crippen LogP contribution in [0.5, 0.6) is 0 Å². The maximum atomic E-state index is 6.53. The maximum Gasteiger partial charge on any atom is 0.235 e. The first kappa shape index (κ1) is 28.5. The van der Waals surface area contributed by atoms with Crippen LogP contribution in [-0.2, 0) is 0 Å². The summed E-state index contributed by atoms with van der Waals surface area (Å²) in [5.74, 6) is 0.613. The summed E-state index contributed by atoms with van der Waals surface area (Å²) in [6, 6.07) is 59.9. The summed E-state index contributed by atoms with van der Waals surface area (Å²) in [4.78, 5) is 11.1. The third-order valence-corrected chi connectivity index (χ3v) is 10.9. The molecule has 0 N–H and O–H groups in total. The Morgan fingerprint density at radius 1 is 0.396 bits per heavy atom. The van der Waals surface area contributed by atoms with E-state index in [4.69, 9.17) is 14.4 Å². The van der Waals surface area contributed by atoms with E-state index < -0.39 is 0 Å². The van der Waals surface area contributed by atoms with Gasteiger partial charge in [0.1, 0.15) is 11.2 Å². The van der Waals surface area contributed by atoms with Gasteiger partial charge in [-0.25, -0.2) is 9.97 Å². The van der Waals surface area contributed by atoms with Crippen LogP contribution in [0.1, 0.15) is 0 Å². The second-order valence-electron chi connectivity index (χ2n) is 13.7. The van der Waals surface area contributed by atoms with Crippen molar-refractivity contribution in [2.75, 3.05) is 0 Å². The third-order valence-electron chi connectivity index (χ3n) is 10.9. The molecule has 4 heterocycles. The predicted octanol–water partition coefficient (Wildman–Crippen LogP) is 12.5. The summed E-state index contributed by atoms with van der Waals surface area (Å²) in [6.45, 7) is 0. The molecule has 53 heavy (non-hydrogen) atoms. The van der Waals surface area contributed by atoms with Crippen LogP contribution in [0.15, 0.2) is 174 Å². The standard InChI is InChI=1S/C48H28N4O/c1-3-14-30(15-4-1)44-42-32-18-8-7-13-29(32)23-27-38(42)49-48(50-44)52-45-35(26-28-41-43(45)37-20-10-12-22-40(37)53-41)36-25-24-34-33-19-9-11-21-39(33)51(46(34)47(36)52)31-16-5-2-6-17-31/h1-28H. The highest BCUT2D eigenvalue weighted by Crippen LogP contribution is 2.45. The van der Waals surface area contributed by atoms with Gasteiger partial charge in [-0.2, -0.15) is 0 Å². The Morgan fingerprint density at radius 3 is 1.89 bits per heavy atom.